The van der Waals surface area contributed by atoms with Gasteiger partial charge in [-0.3, -0.25) is 0 Å². The summed E-state index contributed by atoms with van der Waals surface area (Å²) >= 11 is 0. The minimum absolute atomic E-state index is 0.118. The molecule has 106 valence electrons. The molecule has 1 aliphatic rings. The molecule has 1 aromatic carbocycles. The molecule has 0 radical (unpaired) electrons. The van der Waals surface area contributed by atoms with Gasteiger partial charge in [-0.1, -0.05) is 13.0 Å². The highest BCUT2D eigenvalue weighted by molar-refractivity contribution is 5.56. The second kappa shape index (κ2) is 5.88. The van der Waals surface area contributed by atoms with E-state index in [4.69, 9.17) is 4.74 Å². The molecule has 0 saturated carbocycles. The van der Waals surface area contributed by atoms with Crippen molar-refractivity contribution in [3.8, 4) is 0 Å². The summed E-state index contributed by atoms with van der Waals surface area (Å²) in [6, 6.07) is 5.21. The molecule has 0 spiro atoms. The molecule has 4 heteroatoms. The summed E-state index contributed by atoms with van der Waals surface area (Å²) in [6.45, 7) is 7.08. The van der Waals surface area contributed by atoms with Crippen LogP contribution < -0.4 is 4.90 Å². The quantitative estimate of drug-likeness (QED) is 0.914. The summed E-state index contributed by atoms with van der Waals surface area (Å²) in [5.41, 5.74) is 1.17. The number of morpholine rings is 1. The average molecular weight is 267 g/mol. The lowest BCUT2D eigenvalue weighted by molar-refractivity contribution is 0.0296. The van der Waals surface area contributed by atoms with Crippen LogP contribution in [0.3, 0.4) is 0 Å². The normalized spacial score (nSPS) is 25.4. The smallest absolute Gasteiger partial charge is 0.131 e. The summed E-state index contributed by atoms with van der Waals surface area (Å²) < 4.78 is 19.6. The Labute approximate surface area is 114 Å². The Bertz CT molecular complexity index is 436. The third kappa shape index (κ3) is 2.90. The number of anilines is 1. The monoisotopic (exact) mass is 267 g/mol. The highest BCUT2D eigenvalue weighted by Gasteiger charge is 2.28. The molecule has 3 nitrogen and oxygen atoms in total. The summed E-state index contributed by atoms with van der Waals surface area (Å²) in [5.74, 6) is -0.346. The van der Waals surface area contributed by atoms with Crippen molar-refractivity contribution in [2.24, 2.45) is 0 Å². The Kier molecular flexibility index (Phi) is 4.42. The molecule has 1 N–H and O–H groups in total. The minimum atomic E-state index is -0.813. The SMILES string of the molecule is CCC1COC(C)CN1c1cccc(F)c1C(C)O. The molecule has 1 saturated heterocycles. The maximum Gasteiger partial charge on any atom is 0.131 e. The van der Waals surface area contributed by atoms with Crippen LogP contribution in [0.25, 0.3) is 0 Å². The number of ether oxygens (including phenoxy) is 1. The third-order valence-electron chi connectivity index (χ3n) is 3.70. The van der Waals surface area contributed by atoms with Gasteiger partial charge in [0.15, 0.2) is 0 Å². The van der Waals surface area contributed by atoms with Gasteiger partial charge in [0.1, 0.15) is 5.82 Å². The average Bonchev–Trinajstić information content (AvgIpc) is 2.37. The van der Waals surface area contributed by atoms with Crippen LogP contribution >= 0.6 is 0 Å². The minimum Gasteiger partial charge on any atom is -0.389 e. The first-order valence-corrected chi connectivity index (χ1v) is 6.89. The van der Waals surface area contributed by atoms with Gasteiger partial charge >= 0.3 is 0 Å². The van der Waals surface area contributed by atoms with Gasteiger partial charge < -0.3 is 14.7 Å². The van der Waals surface area contributed by atoms with Crippen molar-refractivity contribution in [3.63, 3.8) is 0 Å². The van der Waals surface area contributed by atoms with E-state index in [0.29, 0.717) is 12.2 Å². The molecule has 3 unspecified atom stereocenters. The topological polar surface area (TPSA) is 32.7 Å². The first-order chi connectivity index (χ1) is 9.04. The zero-order chi connectivity index (χ0) is 14.0. The van der Waals surface area contributed by atoms with Gasteiger partial charge in [0.05, 0.1) is 24.9 Å². The van der Waals surface area contributed by atoms with Gasteiger partial charge in [-0.25, -0.2) is 4.39 Å². The van der Waals surface area contributed by atoms with E-state index in [1.165, 1.54) is 6.07 Å². The first kappa shape index (κ1) is 14.3. The molecule has 1 heterocycles. The first-order valence-electron chi connectivity index (χ1n) is 6.89. The van der Waals surface area contributed by atoms with Crippen LogP contribution in [0.1, 0.15) is 38.9 Å². The number of hydrogen-bond donors (Lipinski definition) is 1. The van der Waals surface area contributed by atoms with Gasteiger partial charge in [-0.2, -0.15) is 0 Å². The third-order valence-corrected chi connectivity index (χ3v) is 3.70. The number of nitrogens with zero attached hydrogens (tertiary/aromatic N) is 1. The van der Waals surface area contributed by atoms with Crippen molar-refractivity contribution in [2.45, 2.75) is 45.4 Å². The molecule has 0 aromatic heterocycles. The lowest BCUT2D eigenvalue weighted by Crippen LogP contribution is -2.49. The van der Waals surface area contributed by atoms with E-state index in [9.17, 15) is 9.50 Å². The number of aliphatic hydroxyl groups is 1. The van der Waals surface area contributed by atoms with E-state index < -0.39 is 6.10 Å². The Morgan fingerprint density at radius 1 is 1.53 bits per heavy atom. The molecule has 0 amide bonds. The number of aliphatic hydroxyl groups excluding tert-OH is 1. The second-order valence-corrected chi connectivity index (χ2v) is 5.21. The van der Waals surface area contributed by atoms with Crippen molar-refractivity contribution < 1.29 is 14.2 Å². The molecule has 3 atom stereocenters. The predicted octanol–water partition coefficient (Wildman–Crippen LogP) is 2.88. The molecular weight excluding hydrogens is 245 g/mol. The molecule has 1 aliphatic heterocycles. The van der Waals surface area contributed by atoms with Crippen molar-refractivity contribution >= 4 is 5.69 Å². The highest BCUT2D eigenvalue weighted by Crippen LogP contribution is 2.32. The van der Waals surface area contributed by atoms with Crippen LogP contribution in [0.15, 0.2) is 18.2 Å². The van der Waals surface area contributed by atoms with Crippen LogP contribution in [0.4, 0.5) is 10.1 Å². The Morgan fingerprint density at radius 2 is 2.26 bits per heavy atom. The molecule has 1 fully saturated rings. The molecule has 2 rings (SSSR count). The maximum absolute atomic E-state index is 14.0. The van der Waals surface area contributed by atoms with E-state index in [0.717, 1.165) is 18.7 Å². The standard InChI is InChI=1S/C15H22FNO2/c1-4-12-9-19-10(2)8-17(12)14-7-5-6-13(16)15(14)11(3)18/h5-7,10-12,18H,4,8-9H2,1-3H3. The molecular formula is C15H22FNO2. The van der Waals surface area contributed by atoms with E-state index in [1.807, 2.05) is 13.0 Å². The summed E-state index contributed by atoms with van der Waals surface area (Å²) in [4.78, 5) is 2.17. The Balaban J connectivity index is 2.41. The second-order valence-electron chi connectivity index (χ2n) is 5.21. The van der Waals surface area contributed by atoms with Gasteiger partial charge in [-0.05, 0) is 32.4 Å². The van der Waals surface area contributed by atoms with E-state index in [1.54, 1.807) is 13.0 Å². The van der Waals surface area contributed by atoms with Crippen molar-refractivity contribution in [1.82, 2.24) is 0 Å². The van der Waals surface area contributed by atoms with Crippen LogP contribution in [-0.4, -0.2) is 30.4 Å². The summed E-state index contributed by atoms with van der Waals surface area (Å²) in [5, 5.41) is 9.84. The zero-order valence-corrected chi connectivity index (χ0v) is 11.8. The fraction of sp³-hybridized carbons (Fsp3) is 0.600. The Morgan fingerprint density at radius 3 is 2.89 bits per heavy atom. The van der Waals surface area contributed by atoms with Crippen molar-refractivity contribution in [3.05, 3.63) is 29.6 Å². The molecule has 19 heavy (non-hydrogen) atoms. The van der Waals surface area contributed by atoms with E-state index >= 15 is 0 Å². The van der Waals surface area contributed by atoms with Crippen molar-refractivity contribution in [2.75, 3.05) is 18.1 Å². The van der Waals surface area contributed by atoms with Gasteiger partial charge in [0, 0.05) is 17.8 Å². The van der Waals surface area contributed by atoms with Gasteiger partial charge in [0.25, 0.3) is 0 Å². The van der Waals surface area contributed by atoms with Crippen LogP contribution in [0.5, 0.6) is 0 Å². The fourth-order valence-electron chi connectivity index (χ4n) is 2.67. The lowest BCUT2D eigenvalue weighted by Gasteiger charge is -2.41. The maximum atomic E-state index is 14.0. The number of hydrogen-bond acceptors (Lipinski definition) is 3. The lowest BCUT2D eigenvalue weighted by atomic mass is 10.0. The predicted molar refractivity (Wildman–Crippen MR) is 73.9 cm³/mol. The van der Waals surface area contributed by atoms with E-state index in [-0.39, 0.29) is 18.0 Å². The summed E-state index contributed by atoms with van der Waals surface area (Å²) in [7, 11) is 0. The number of halogens is 1. The molecule has 0 aliphatic carbocycles. The van der Waals surface area contributed by atoms with E-state index in [2.05, 4.69) is 11.8 Å². The number of rotatable bonds is 3. The Hall–Kier alpha value is -1.13. The van der Waals surface area contributed by atoms with Crippen LogP contribution in [-0.2, 0) is 4.74 Å². The number of benzene rings is 1. The highest BCUT2D eigenvalue weighted by atomic mass is 19.1. The molecule has 0 bridgehead atoms. The van der Waals surface area contributed by atoms with Gasteiger partial charge in [0.2, 0.25) is 0 Å². The van der Waals surface area contributed by atoms with Crippen LogP contribution in [0.2, 0.25) is 0 Å². The van der Waals surface area contributed by atoms with Crippen LogP contribution in [0, 0.1) is 5.82 Å². The summed E-state index contributed by atoms with van der Waals surface area (Å²) in [6.07, 6.45) is 0.238. The van der Waals surface area contributed by atoms with Crippen molar-refractivity contribution in [1.29, 1.82) is 0 Å². The molecule has 1 aromatic rings. The fourth-order valence-corrected chi connectivity index (χ4v) is 2.67. The van der Waals surface area contributed by atoms with Gasteiger partial charge in [-0.15, -0.1) is 0 Å². The largest absolute Gasteiger partial charge is 0.389 e. The zero-order valence-electron chi connectivity index (χ0n) is 11.8.